The Balaban J connectivity index is 3.88. The third kappa shape index (κ3) is 40.0. The van der Waals surface area contributed by atoms with Crippen LogP contribution in [0.25, 0.3) is 0 Å². The van der Waals surface area contributed by atoms with Gasteiger partial charge in [0.1, 0.15) is 12.2 Å². The van der Waals surface area contributed by atoms with Crippen LogP contribution in [0.1, 0.15) is 116 Å². The topological polar surface area (TPSA) is 219 Å². The van der Waals surface area contributed by atoms with E-state index in [4.69, 9.17) is 71.8 Å². The number of carbonyl (C=O) groups excluding carboxylic acids is 2. The summed E-state index contributed by atoms with van der Waals surface area (Å²) in [6.45, 7) is 29.5. The molecule has 0 fully saturated rings. The highest BCUT2D eigenvalue weighted by Crippen LogP contribution is 2.07. The number of nitrogens with one attached hydrogen (secondary N) is 2. The largest absolute Gasteiger partial charge is 0.444 e. The number of unbranched alkanes of at least 4 members (excludes halogenated alkanes) is 3. The van der Waals surface area contributed by atoms with Gasteiger partial charge < -0.3 is 82.4 Å². The van der Waals surface area contributed by atoms with E-state index in [0.717, 1.165) is 25.7 Å². The molecule has 19 nitrogen and oxygen atoms in total. The second-order valence-electron chi connectivity index (χ2n) is 17.6. The third-order valence-corrected chi connectivity index (χ3v) is 9.54. The van der Waals surface area contributed by atoms with Gasteiger partial charge in [0.25, 0.3) is 0 Å². The van der Waals surface area contributed by atoms with Crippen LogP contribution in [0.15, 0.2) is 0 Å². The van der Waals surface area contributed by atoms with Crippen LogP contribution in [0.3, 0.4) is 0 Å². The first-order valence-electron chi connectivity index (χ1n) is 24.2. The summed E-state index contributed by atoms with van der Waals surface area (Å²) in [5, 5.41) is 23.7. The van der Waals surface area contributed by atoms with E-state index in [2.05, 4.69) is 10.6 Å². The van der Waals surface area contributed by atoms with Crippen molar-refractivity contribution in [3.63, 3.8) is 0 Å². The molecule has 13 unspecified atom stereocenters. The van der Waals surface area contributed by atoms with Crippen LogP contribution >= 0.6 is 0 Å². The quantitative estimate of drug-likeness (QED) is 0.0576. The maximum atomic E-state index is 12.2. The summed E-state index contributed by atoms with van der Waals surface area (Å²) < 4.78 is 74.2. The summed E-state index contributed by atoms with van der Waals surface area (Å²) in [7, 11) is 0. The van der Waals surface area contributed by atoms with Crippen molar-refractivity contribution in [2.75, 3.05) is 99.0 Å². The van der Waals surface area contributed by atoms with Crippen LogP contribution in [-0.2, 0) is 61.6 Å². The second kappa shape index (κ2) is 40.9. The summed E-state index contributed by atoms with van der Waals surface area (Å²) in [6, 6.07) is 0. The highest BCUT2D eigenvalue weighted by Gasteiger charge is 2.17. The Morgan fingerprint density at radius 3 is 0.682 bits per heavy atom. The van der Waals surface area contributed by atoms with Crippen molar-refractivity contribution in [1.82, 2.24) is 10.6 Å². The molecule has 0 aliphatic carbocycles. The van der Waals surface area contributed by atoms with Crippen molar-refractivity contribution < 1.29 is 81.4 Å². The minimum atomic E-state index is -0.492. The van der Waals surface area contributed by atoms with Crippen molar-refractivity contribution in [2.45, 2.75) is 195 Å². The lowest BCUT2D eigenvalue weighted by Crippen LogP contribution is -2.32. The average molecular weight is 959 g/mol. The van der Waals surface area contributed by atoms with Gasteiger partial charge in [-0.2, -0.15) is 0 Å². The van der Waals surface area contributed by atoms with Gasteiger partial charge in [0.2, 0.25) is 0 Å². The van der Waals surface area contributed by atoms with Gasteiger partial charge in [-0.05, 0) is 103 Å². The lowest BCUT2D eigenvalue weighted by Gasteiger charge is -2.22. The van der Waals surface area contributed by atoms with Crippen LogP contribution in [0.5, 0.6) is 0 Å². The fourth-order valence-electron chi connectivity index (χ4n) is 5.34. The van der Waals surface area contributed by atoms with Gasteiger partial charge in [-0.25, -0.2) is 9.59 Å². The molecule has 0 aliphatic rings. The van der Waals surface area contributed by atoms with E-state index in [1.54, 1.807) is 20.8 Å². The summed E-state index contributed by atoms with van der Waals surface area (Å²) in [4.78, 5) is 24.5. The molecular formula is C47H94N2O17. The first kappa shape index (κ1) is 64.0. The minimum absolute atomic E-state index is 0.0212. The molecule has 0 aromatic carbocycles. The van der Waals surface area contributed by atoms with Crippen LogP contribution in [0.4, 0.5) is 9.59 Å². The number of hydrogen-bond acceptors (Lipinski definition) is 17. The van der Waals surface area contributed by atoms with E-state index in [9.17, 15) is 9.59 Å². The van der Waals surface area contributed by atoms with E-state index in [1.807, 2.05) is 69.2 Å². The molecule has 0 aliphatic heterocycles. The molecular weight excluding hydrogens is 865 g/mol. The van der Waals surface area contributed by atoms with Gasteiger partial charge >= 0.3 is 12.2 Å². The molecule has 0 saturated heterocycles. The van der Waals surface area contributed by atoms with Gasteiger partial charge in [-0.1, -0.05) is 12.8 Å². The minimum Gasteiger partial charge on any atom is -0.444 e. The molecule has 2 amide bonds. The SMILES string of the molecule is CC(CO)OCC(C)OCC(C)OCC(C)OCC(C)OCC(C)OCC(C)OC(=O)NCCCCCCNC(=O)OC(C)COC(C)COC(C)COC(C)COC(C)COC(C)CO. The number of carbonyl (C=O) groups is 2. The predicted molar refractivity (Wildman–Crippen MR) is 250 cm³/mol. The molecule has 0 saturated carbocycles. The van der Waals surface area contributed by atoms with E-state index in [1.165, 1.54) is 0 Å². The highest BCUT2D eigenvalue weighted by molar-refractivity contribution is 5.67. The molecule has 0 rings (SSSR count). The third-order valence-electron chi connectivity index (χ3n) is 9.54. The maximum Gasteiger partial charge on any atom is 0.407 e. The second-order valence-corrected chi connectivity index (χ2v) is 17.6. The fraction of sp³-hybridized carbons (Fsp3) is 0.957. The van der Waals surface area contributed by atoms with Crippen molar-refractivity contribution in [2.24, 2.45) is 0 Å². The smallest absolute Gasteiger partial charge is 0.407 e. The fourth-order valence-corrected chi connectivity index (χ4v) is 5.34. The van der Waals surface area contributed by atoms with Gasteiger partial charge in [0, 0.05) is 13.1 Å². The molecule has 66 heavy (non-hydrogen) atoms. The van der Waals surface area contributed by atoms with Crippen molar-refractivity contribution in [3.8, 4) is 0 Å². The monoisotopic (exact) mass is 959 g/mol. The lowest BCUT2D eigenvalue weighted by atomic mass is 10.2. The molecule has 0 spiro atoms. The summed E-state index contributed by atoms with van der Waals surface area (Å²) in [5.41, 5.74) is 0. The Bertz CT molecular complexity index is 1150. The zero-order valence-electron chi connectivity index (χ0n) is 43.0. The molecule has 0 radical (unpaired) electrons. The van der Waals surface area contributed by atoms with E-state index in [0.29, 0.717) is 72.6 Å². The molecule has 19 heteroatoms. The molecule has 394 valence electrons. The molecule has 0 aromatic heterocycles. The highest BCUT2D eigenvalue weighted by atomic mass is 16.6. The first-order valence-corrected chi connectivity index (χ1v) is 24.2. The Morgan fingerprint density at radius 2 is 0.485 bits per heavy atom. The molecule has 0 aromatic rings. The van der Waals surface area contributed by atoms with E-state index in [-0.39, 0.29) is 93.6 Å². The number of amides is 2. The van der Waals surface area contributed by atoms with Crippen LogP contribution in [0, 0.1) is 0 Å². The van der Waals surface area contributed by atoms with Gasteiger partial charge in [0.05, 0.1) is 153 Å². The lowest BCUT2D eigenvalue weighted by molar-refractivity contribution is -0.105. The van der Waals surface area contributed by atoms with Crippen LogP contribution < -0.4 is 10.6 Å². The number of aliphatic hydroxyl groups is 2. The number of hydrogen-bond donors (Lipinski definition) is 4. The summed E-state index contributed by atoms with van der Waals surface area (Å²) in [6.07, 6.45) is -0.209. The Kier molecular flexibility index (Phi) is 39.6. The van der Waals surface area contributed by atoms with Crippen molar-refractivity contribution in [3.05, 3.63) is 0 Å². The Labute approximate surface area is 397 Å². The van der Waals surface area contributed by atoms with Crippen molar-refractivity contribution in [1.29, 1.82) is 0 Å². The number of rotatable bonds is 44. The van der Waals surface area contributed by atoms with Crippen LogP contribution in [-0.4, -0.2) is 201 Å². The summed E-state index contributed by atoms with van der Waals surface area (Å²) in [5.74, 6) is 0. The zero-order valence-corrected chi connectivity index (χ0v) is 43.0. The Morgan fingerprint density at radius 1 is 0.303 bits per heavy atom. The van der Waals surface area contributed by atoms with Crippen molar-refractivity contribution >= 4 is 12.2 Å². The average Bonchev–Trinajstić information content (AvgIpc) is 3.29. The molecule has 4 N–H and O–H groups in total. The van der Waals surface area contributed by atoms with E-state index >= 15 is 0 Å². The van der Waals surface area contributed by atoms with E-state index < -0.39 is 24.4 Å². The Hall–Kier alpha value is -1.98. The maximum absolute atomic E-state index is 12.2. The summed E-state index contributed by atoms with van der Waals surface area (Å²) >= 11 is 0. The van der Waals surface area contributed by atoms with Gasteiger partial charge in [-0.3, -0.25) is 0 Å². The zero-order chi connectivity index (χ0) is 49.7. The van der Waals surface area contributed by atoms with Gasteiger partial charge in [-0.15, -0.1) is 0 Å². The normalized spacial score (nSPS) is 17.9. The number of ether oxygens (including phenoxy) is 13. The number of aliphatic hydroxyl groups excluding tert-OH is 2. The standard InChI is InChI=1S/C47H94N2O17/c1-33(20-50)54-22-35(3)56-24-37(5)58-26-39(7)60-28-41(9)62-30-43(11)64-32-45(13)66-47(53)49-19-17-15-14-16-18-48-46(52)65-44(12)31-63-42(10)29-61-40(8)27-59-38(6)25-57-36(4)23-55-34(2)21-51/h33-45,50-51H,14-32H2,1-13H3,(H,48,52)(H,49,53). The molecule has 0 heterocycles. The molecule has 0 bridgehead atoms. The van der Waals surface area contributed by atoms with Crippen LogP contribution in [0.2, 0.25) is 0 Å². The first-order chi connectivity index (χ1) is 31.3. The van der Waals surface area contributed by atoms with Gasteiger partial charge in [0.15, 0.2) is 0 Å². The predicted octanol–water partition coefficient (Wildman–Crippen LogP) is 5.22. The molecule has 13 atom stereocenters. The number of alkyl carbamates (subject to hydrolysis) is 2.